The summed E-state index contributed by atoms with van der Waals surface area (Å²) in [5, 5.41) is 0.0815. The van der Waals surface area contributed by atoms with Gasteiger partial charge in [0.15, 0.2) is 8.32 Å². The maximum absolute atomic E-state index is 12.9. The number of rotatable bonds is 8. The Morgan fingerprint density at radius 2 is 1.80 bits per heavy atom. The first-order chi connectivity index (χ1) is 13.6. The van der Waals surface area contributed by atoms with Gasteiger partial charge in [-0.1, -0.05) is 26.8 Å². The van der Waals surface area contributed by atoms with Crippen molar-refractivity contribution < 1.29 is 23.5 Å². The lowest BCUT2D eigenvalue weighted by Crippen LogP contribution is -2.45. The van der Waals surface area contributed by atoms with Gasteiger partial charge in [0, 0.05) is 12.6 Å². The summed E-state index contributed by atoms with van der Waals surface area (Å²) in [6, 6.07) is -0.135. The van der Waals surface area contributed by atoms with Gasteiger partial charge >= 0.3 is 12.1 Å². The highest BCUT2D eigenvalue weighted by Gasteiger charge is 2.45. The molecule has 0 N–H and O–H groups in total. The van der Waals surface area contributed by atoms with Gasteiger partial charge < -0.3 is 18.8 Å². The van der Waals surface area contributed by atoms with Crippen LogP contribution in [0.25, 0.3) is 0 Å². The molecule has 1 fully saturated rings. The minimum absolute atomic E-state index is 0.0602. The van der Waals surface area contributed by atoms with E-state index in [0.717, 1.165) is 0 Å². The number of carbonyl (C=O) groups excluding carboxylic acids is 2. The van der Waals surface area contributed by atoms with Gasteiger partial charge in [-0.2, -0.15) is 0 Å². The second kappa shape index (κ2) is 10.3. The van der Waals surface area contributed by atoms with Crippen LogP contribution in [0.4, 0.5) is 4.79 Å². The minimum Gasteiger partial charge on any atom is -0.466 e. The SMILES string of the molecule is C=CCC(CC1CC(O[Si](C)(C)C(C)(C)C)CN1C(=O)OC(C)(C)C)C(=O)OCC. The molecule has 30 heavy (non-hydrogen) atoms. The number of hydrogen-bond donors (Lipinski definition) is 0. The summed E-state index contributed by atoms with van der Waals surface area (Å²) < 4.78 is 17.5. The van der Waals surface area contributed by atoms with Gasteiger partial charge in [0.25, 0.3) is 0 Å². The van der Waals surface area contributed by atoms with Gasteiger partial charge in [-0.15, -0.1) is 6.58 Å². The summed E-state index contributed by atoms with van der Waals surface area (Å²) in [5.41, 5.74) is -0.582. The lowest BCUT2D eigenvalue weighted by Gasteiger charge is -2.38. The topological polar surface area (TPSA) is 65.1 Å². The van der Waals surface area contributed by atoms with Gasteiger partial charge in [-0.25, -0.2) is 4.79 Å². The lowest BCUT2D eigenvalue weighted by atomic mass is 9.95. The minimum atomic E-state index is -1.99. The van der Waals surface area contributed by atoms with Crippen LogP contribution in [0.2, 0.25) is 18.1 Å². The predicted octanol–water partition coefficient (Wildman–Crippen LogP) is 5.53. The van der Waals surface area contributed by atoms with Crippen molar-refractivity contribution in [1.29, 1.82) is 0 Å². The Balaban J connectivity index is 3.06. The highest BCUT2D eigenvalue weighted by atomic mass is 28.4. The molecule has 3 atom stereocenters. The smallest absolute Gasteiger partial charge is 0.410 e. The first-order valence-corrected chi connectivity index (χ1v) is 14.0. The van der Waals surface area contributed by atoms with Crippen molar-refractivity contribution >= 4 is 20.4 Å². The highest BCUT2D eigenvalue weighted by Crippen LogP contribution is 2.39. The zero-order chi connectivity index (χ0) is 23.3. The Bertz CT molecular complexity index is 606. The van der Waals surface area contributed by atoms with Crippen LogP contribution in [0, 0.1) is 5.92 Å². The molecule has 0 saturated carbocycles. The van der Waals surface area contributed by atoms with Crippen LogP contribution in [0.3, 0.4) is 0 Å². The summed E-state index contributed by atoms with van der Waals surface area (Å²) in [7, 11) is -1.99. The molecule has 1 aliphatic rings. The normalized spacial score (nSPS) is 21.3. The molecule has 0 aliphatic carbocycles. The number of carbonyl (C=O) groups is 2. The molecule has 3 unspecified atom stereocenters. The Kier molecular flexibility index (Phi) is 9.17. The lowest BCUT2D eigenvalue weighted by molar-refractivity contribution is -0.148. The van der Waals surface area contributed by atoms with E-state index in [1.54, 1.807) is 17.9 Å². The fourth-order valence-electron chi connectivity index (χ4n) is 3.40. The summed E-state index contributed by atoms with van der Waals surface area (Å²) in [4.78, 5) is 27.1. The monoisotopic (exact) mass is 441 g/mol. The van der Waals surface area contributed by atoms with E-state index in [9.17, 15) is 9.59 Å². The van der Waals surface area contributed by atoms with Crippen molar-refractivity contribution in [2.45, 2.75) is 104 Å². The average molecular weight is 442 g/mol. The van der Waals surface area contributed by atoms with Crippen LogP contribution in [-0.4, -0.2) is 56.2 Å². The van der Waals surface area contributed by atoms with Crippen LogP contribution in [0.15, 0.2) is 12.7 Å². The Morgan fingerprint density at radius 3 is 2.27 bits per heavy atom. The third kappa shape index (κ3) is 7.73. The highest BCUT2D eigenvalue weighted by molar-refractivity contribution is 6.74. The van der Waals surface area contributed by atoms with Crippen LogP contribution in [-0.2, 0) is 18.7 Å². The van der Waals surface area contributed by atoms with Crippen LogP contribution < -0.4 is 0 Å². The largest absolute Gasteiger partial charge is 0.466 e. The molecular formula is C23H43NO5Si. The van der Waals surface area contributed by atoms with E-state index < -0.39 is 13.9 Å². The summed E-state index contributed by atoms with van der Waals surface area (Å²) in [6.07, 6.45) is 3.05. The molecular weight excluding hydrogens is 398 g/mol. The maximum atomic E-state index is 12.9. The quantitative estimate of drug-likeness (QED) is 0.281. The standard InChI is InChI=1S/C23H43NO5Si/c1-11-13-17(20(25)27-12-2)14-18-15-19(29-30(9,10)23(6,7)8)16-24(18)21(26)28-22(3,4)5/h11,17-19H,1,12-16H2,2-10H3. The average Bonchev–Trinajstić information content (AvgIpc) is 2.94. The molecule has 1 heterocycles. The second-order valence-corrected chi connectivity index (χ2v) is 15.5. The van der Waals surface area contributed by atoms with Crippen molar-refractivity contribution in [2.75, 3.05) is 13.2 Å². The summed E-state index contributed by atoms with van der Waals surface area (Å²) in [5.74, 6) is -0.570. The van der Waals surface area contributed by atoms with E-state index >= 15 is 0 Å². The molecule has 0 aromatic carbocycles. The van der Waals surface area contributed by atoms with Gasteiger partial charge in [-0.05, 0) is 65.1 Å². The Morgan fingerprint density at radius 1 is 1.20 bits per heavy atom. The molecule has 0 aromatic rings. The first-order valence-electron chi connectivity index (χ1n) is 11.1. The number of hydrogen-bond acceptors (Lipinski definition) is 5. The van der Waals surface area contributed by atoms with Gasteiger partial charge in [0.05, 0.1) is 18.6 Å². The zero-order valence-electron chi connectivity index (χ0n) is 20.5. The fourth-order valence-corrected chi connectivity index (χ4v) is 4.76. The van der Waals surface area contributed by atoms with E-state index in [0.29, 0.717) is 32.4 Å². The molecule has 0 bridgehead atoms. The number of allylic oxidation sites excluding steroid dienone is 1. The van der Waals surface area contributed by atoms with Gasteiger partial charge in [0.1, 0.15) is 5.60 Å². The zero-order valence-corrected chi connectivity index (χ0v) is 21.5. The van der Waals surface area contributed by atoms with Gasteiger partial charge in [0.2, 0.25) is 0 Å². The molecule has 1 aliphatic heterocycles. The molecule has 7 heteroatoms. The summed E-state index contributed by atoms with van der Waals surface area (Å²) >= 11 is 0. The number of ether oxygens (including phenoxy) is 2. The molecule has 6 nitrogen and oxygen atoms in total. The van der Waals surface area contributed by atoms with Crippen LogP contribution >= 0.6 is 0 Å². The van der Waals surface area contributed by atoms with E-state index in [1.807, 2.05) is 20.8 Å². The third-order valence-corrected chi connectivity index (χ3v) is 10.4. The van der Waals surface area contributed by atoms with E-state index in [1.165, 1.54) is 0 Å². The predicted molar refractivity (Wildman–Crippen MR) is 123 cm³/mol. The Hall–Kier alpha value is -1.34. The molecule has 0 aromatic heterocycles. The molecule has 0 radical (unpaired) electrons. The molecule has 1 saturated heterocycles. The number of nitrogens with zero attached hydrogens (tertiary/aromatic N) is 1. The number of amides is 1. The van der Waals surface area contributed by atoms with Crippen molar-refractivity contribution in [3.05, 3.63) is 12.7 Å². The molecule has 1 rings (SSSR count). The third-order valence-electron chi connectivity index (χ3n) is 5.90. The van der Waals surface area contributed by atoms with Crippen molar-refractivity contribution in [1.82, 2.24) is 4.90 Å². The van der Waals surface area contributed by atoms with Crippen LogP contribution in [0.5, 0.6) is 0 Å². The van der Waals surface area contributed by atoms with Crippen molar-refractivity contribution in [3.63, 3.8) is 0 Å². The second-order valence-electron chi connectivity index (χ2n) is 10.7. The van der Waals surface area contributed by atoms with Crippen LogP contribution in [0.1, 0.15) is 67.7 Å². The van der Waals surface area contributed by atoms with E-state index in [2.05, 4.69) is 40.4 Å². The fraction of sp³-hybridized carbons (Fsp3) is 0.826. The van der Waals surface area contributed by atoms with Crippen molar-refractivity contribution in [2.24, 2.45) is 5.92 Å². The molecule has 174 valence electrons. The molecule has 1 amide bonds. The maximum Gasteiger partial charge on any atom is 0.410 e. The first kappa shape index (κ1) is 26.7. The van der Waals surface area contributed by atoms with Crippen molar-refractivity contribution in [3.8, 4) is 0 Å². The summed E-state index contributed by atoms with van der Waals surface area (Å²) in [6.45, 7) is 23.0. The Labute approximate surface area is 184 Å². The van der Waals surface area contributed by atoms with E-state index in [4.69, 9.17) is 13.9 Å². The van der Waals surface area contributed by atoms with Gasteiger partial charge in [-0.3, -0.25) is 4.79 Å². The number of esters is 1. The number of likely N-dealkylation sites (tertiary alicyclic amines) is 1. The van der Waals surface area contributed by atoms with E-state index in [-0.39, 0.29) is 35.2 Å². The molecule has 0 spiro atoms.